The molecule has 1 aromatic rings. The van der Waals surface area contributed by atoms with Gasteiger partial charge in [0.05, 0.1) is 17.2 Å². The van der Waals surface area contributed by atoms with Crippen LogP contribution in [0.5, 0.6) is 0 Å². The number of hydrogen-bond donors (Lipinski definition) is 2. The highest BCUT2D eigenvalue weighted by Crippen LogP contribution is 2.20. The van der Waals surface area contributed by atoms with E-state index >= 15 is 0 Å². The molecule has 2 amide bonds. The molecular weight excluding hydrogens is 300 g/mol. The maximum Gasteiger partial charge on any atom is 0.263 e. The van der Waals surface area contributed by atoms with Crippen molar-refractivity contribution in [3.05, 3.63) is 15.6 Å². The highest BCUT2D eigenvalue weighted by molar-refractivity contribution is 7.13. The van der Waals surface area contributed by atoms with Gasteiger partial charge in [0.25, 0.3) is 5.91 Å². The van der Waals surface area contributed by atoms with Crippen LogP contribution < -0.4 is 11.1 Å². The Bertz CT molecular complexity index is 536. The summed E-state index contributed by atoms with van der Waals surface area (Å²) in [5.41, 5.74) is 6.02. The van der Waals surface area contributed by atoms with Crippen LogP contribution in [0, 0.1) is 6.92 Å². The van der Waals surface area contributed by atoms with Crippen molar-refractivity contribution < 1.29 is 9.59 Å². The Kier molecular flexibility index (Phi) is 5.90. The van der Waals surface area contributed by atoms with Crippen molar-refractivity contribution in [2.45, 2.75) is 45.6 Å². The van der Waals surface area contributed by atoms with E-state index in [1.807, 2.05) is 11.8 Å². The first-order valence-electron chi connectivity index (χ1n) is 7.77. The molecule has 0 aromatic carbocycles. The molecule has 1 aromatic heterocycles. The number of nitrogens with one attached hydrogen (secondary N) is 1. The third-order valence-electron chi connectivity index (χ3n) is 3.81. The number of thiazole rings is 1. The maximum atomic E-state index is 12.4. The quantitative estimate of drug-likeness (QED) is 0.819. The van der Waals surface area contributed by atoms with E-state index in [0.29, 0.717) is 6.54 Å². The molecule has 6 nitrogen and oxygen atoms in total. The lowest BCUT2D eigenvalue weighted by atomic mass is 10.0. The van der Waals surface area contributed by atoms with Crippen LogP contribution in [0.4, 0.5) is 0 Å². The first kappa shape index (κ1) is 16.9. The molecule has 0 aliphatic carbocycles. The van der Waals surface area contributed by atoms with Gasteiger partial charge in [-0.1, -0.05) is 6.92 Å². The summed E-state index contributed by atoms with van der Waals surface area (Å²) in [5, 5.41) is 4.12. The van der Waals surface area contributed by atoms with Gasteiger partial charge in [-0.15, -0.1) is 11.3 Å². The van der Waals surface area contributed by atoms with Gasteiger partial charge in [-0.05, 0) is 32.6 Å². The second-order valence-electron chi connectivity index (χ2n) is 5.76. The predicted octanol–water partition coefficient (Wildman–Crippen LogP) is 1.08. The number of nitrogens with zero attached hydrogens (tertiary/aromatic N) is 2. The lowest BCUT2D eigenvalue weighted by molar-refractivity contribution is -0.119. The molecule has 22 heavy (non-hydrogen) atoms. The largest absolute Gasteiger partial charge is 0.369 e. The number of aromatic nitrogens is 1. The summed E-state index contributed by atoms with van der Waals surface area (Å²) in [7, 11) is 0. The van der Waals surface area contributed by atoms with Crippen LogP contribution in [0.2, 0.25) is 0 Å². The number of nitrogens with two attached hydrogens (primary N) is 1. The molecule has 0 spiro atoms. The number of amides is 2. The lowest BCUT2D eigenvalue weighted by Crippen LogP contribution is -2.46. The molecule has 1 saturated heterocycles. The second-order valence-corrected chi connectivity index (χ2v) is 6.85. The zero-order valence-corrected chi connectivity index (χ0v) is 14.0. The topological polar surface area (TPSA) is 88.3 Å². The molecule has 3 N–H and O–H groups in total. The number of piperidine rings is 1. The van der Waals surface area contributed by atoms with Gasteiger partial charge in [0, 0.05) is 19.1 Å². The fourth-order valence-electron chi connectivity index (χ4n) is 2.69. The monoisotopic (exact) mass is 324 g/mol. The van der Waals surface area contributed by atoms with Crippen molar-refractivity contribution in [1.82, 2.24) is 15.2 Å². The number of hydrogen-bond acceptors (Lipinski definition) is 5. The van der Waals surface area contributed by atoms with Crippen LogP contribution in [-0.2, 0) is 11.2 Å². The Morgan fingerprint density at radius 3 is 2.68 bits per heavy atom. The van der Waals surface area contributed by atoms with Gasteiger partial charge in [-0.2, -0.15) is 0 Å². The summed E-state index contributed by atoms with van der Waals surface area (Å²) < 4.78 is 0. The Morgan fingerprint density at radius 2 is 2.09 bits per heavy atom. The fourth-order valence-corrected chi connectivity index (χ4v) is 3.76. The first-order chi connectivity index (χ1) is 10.5. The van der Waals surface area contributed by atoms with Gasteiger partial charge in [0.15, 0.2) is 0 Å². The van der Waals surface area contributed by atoms with Crippen molar-refractivity contribution in [1.29, 1.82) is 0 Å². The third-order valence-corrected chi connectivity index (χ3v) is 5.03. The second kappa shape index (κ2) is 7.69. The highest BCUT2D eigenvalue weighted by Gasteiger charge is 2.23. The average molecular weight is 324 g/mol. The summed E-state index contributed by atoms with van der Waals surface area (Å²) in [6, 6.07) is 0.160. The molecule has 7 heteroatoms. The number of rotatable bonds is 6. The Hall–Kier alpha value is -1.47. The van der Waals surface area contributed by atoms with E-state index in [9.17, 15) is 9.59 Å². The fraction of sp³-hybridized carbons (Fsp3) is 0.667. The molecule has 0 radical (unpaired) electrons. The molecule has 0 bridgehead atoms. The number of carbonyl (C=O) groups is 2. The molecule has 0 atom stereocenters. The standard InChI is InChI=1S/C15H24N4O2S/c1-3-4-13-17-10(2)14(22-13)15(21)18-11-5-7-19(8-6-11)9-12(16)20/h11H,3-9H2,1-2H3,(H2,16,20)(H,18,21). The normalized spacial score (nSPS) is 16.6. The van der Waals surface area contributed by atoms with E-state index in [0.717, 1.165) is 54.4 Å². The molecule has 122 valence electrons. The minimum atomic E-state index is -0.300. The summed E-state index contributed by atoms with van der Waals surface area (Å²) in [6.07, 6.45) is 3.65. The summed E-state index contributed by atoms with van der Waals surface area (Å²) >= 11 is 1.49. The van der Waals surface area contributed by atoms with Gasteiger partial charge in [-0.25, -0.2) is 4.98 Å². The average Bonchev–Trinajstić information content (AvgIpc) is 2.82. The molecule has 1 aliphatic heterocycles. The third kappa shape index (κ3) is 4.51. The number of aryl methyl sites for hydroxylation is 2. The molecule has 2 heterocycles. The number of primary amides is 1. The summed E-state index contributed by atoms with van der Waals surface area (Å²) in [5.74, 6) is -0.322. The van der Waals surface area contributed by atoms with Gasteiger partial charge >= 0.3 is 0 Å². The van der Waals surface area contributed by atoms with E-state index in [1.54, 1.807) is 0 Å². The number of likely N-dealkylation sites (tertiary alicyclic amines) is 1. The van der Waals surface area contributed by atoms with E-state index < -0.39 is 0 Å². The lowest BCUT2D eigenvalue weighted by Gasteiger charge is -2.31. The summed E-state index contributed by atoms with van der Waals surface area (Å²) in [6.45, 7) is 5.87. The van der Waals surface area contributed by atoms with E-state index in [1.165, 1.54) is 11.3 Å². The molecule has 2 rings (SSSR count). The highest BCUT2D eigenvalue weighted by atomic mass is 32.1. The molecule has 1 aliphatic rings. The molecular formula is C15H24N4O2S. The smallest absolute Gasteiger partial charge is 0.263 e. The zero-order chi connectivity index (χ0) is 16.1. The van der Waals surface area contributed by atoms with Crippen LogP contribution in [-0.4, -0.2) is 47.4 Å². The summed E-state index contributed by atoms with van der Waals surface area (Å²) in [4.78, 5) is 30.5. The van der Waals surface area contributed by atoms with Crippen molar-refractivity contribution in [2.24, 2.45) is 5.73 Å². The Labute approximate surface area is 135 Å². The van der Waals surface area contributed by atoms with Gasteiger partial charge in [-0.3, -0.25) is 14.5 Å². The number of carbonyl (C=O) groups excluding carboxylic acids is 2. The minimum Gasteiger partial charge on any atom is -0.369 e. The maximum absolute atomic E-state index is 12.4. The van der Waals surface area contributed by atoms with E-state index in [2.05, 4.69) is 17.2 Å². The van der Waals surface area contributed by atoms with Crippen LogP contribution >= 0.6 is 11.3 Å². The SMILES string of the molecule is CCCc1nc(C)c(C(=O)NC2CCN(CC(N)=O)CC2)s1. The molecule has 0 unspecified atom stereocenters. The van der Waals surface area contributed by atoms with Crippen molar-refractivity contribution in [2.75, 3.05) is 19.6 Å². The molecule has 0 saturated carbocycles. The van der Waals surface area contributed by atoms with Crippen LogP contribution in [0.25, 0.3) is 0 Å². The van der Waals surface area contributed by atoms with E-state index in [4.69, 9.17) is 5.73 Å². The van der Waals surface area contributed by atoms with Gasteiger partial charge in [0.1, 0.15) is 4.88 Å². The van der Waals surface area contributed by atoms with Crippen molar-refractivity contribution >= 4 is 23.2 Å². The van der Waals surface area contributed by atoms with Crippen LogP contribution in [0.15, 0.2) is 0 Å². The van der Waals surface area contributed by atoms with E-state index in [-0.39, 0.29) is 17.9 Å². The van der Waals surface area contributed by atoms with Crippen LogP contribution in [0.1, 0.15) is 46.6 Å². The first-order valence-corrected chi connectivity index (χ1v) is 8.59. The van der Waals surface area contributed by atoms with Crippen molar-refractivity contribution in [3.8, 4) is 0 Å². The zero-order valence-electron chi connectivity index (χ0n) is 13.2. The van der Waals surface area contributed by atoms with Crippen LogP contribution in [0.3, 0.4) is 0 Å². The minimum absolute atomic E-state index is 0.0225. The van der Waals surface area contributed by atoms with Gasteiger partial charge in [0.2, 0.25) is 5.91 Å². The van der Waals surface area contributed by atoms with Crippen molar-refractivity contribution in [3.63, 3.8) is 0 Å². The predicted molar refractivity (Wildman–Crippen MR) is 87.0 cm³/mol. The molecule has 1 fully saturated rings. The Morgan fingerprint density at radius 1 is 1.41 bits per heavy atom. The van der Waals surface area contributed by atoms with Gasteiger partial charge < -0.3 is 11.1 Å². The Balaban J connectivity index is 1.86.